The van der Waals surface area contributed by atoms with Crippen LogP contribution in [0, 0.1) is 11.8 Å². The first-order valence-electron chi connectivity index (χ1n) is 26.0. The maximum atomic E-state index is 12.4. The van der Waals surface area contributed by atoms with Crippen LogP contribution in [-0.4, -0.2) is 248 Å². The summed E-state index contributed by atoms with van der Waals surface area (Å²) < 4.78 is 217. The second-order valence-corrected chi connectivity index (χ2v) is 25.7. The average molecular weight is 1440 g/mol. The molecule has 0 spiro atoms. The first kappa shape index (κ1) is 88.1. The molecule has 0 aliphatic carbocycles. The molecule has 88 heavy (non-hydrogen) atoms. The zero-order valence-electron chi connectivity index (χ0n) is 47.5. The SMILES string of the molecule is O=P([O-])(O)OCC(CNF)COP(=O)([O-])OCCOCCOCCOP(=O)([O-])OCCOCCOCCOP(=O)([O-])OCCOCCOCCOP(=O)([O-])OCCOCCOCCOP(=O)([O-])OCCOCCOCCOP(=O)([O-])OCC(CO)CNF. The second kappa shape index (κ2) is 54.3. The highest BCUT2D eigenvalue weighted by Crippen LogP contribution is 2.42. The quantitative estimate of drug-likeness (QED) is 0.0255. The molecule has 530 valence electrons. The molecule has 0 bridgehead atoms. The van der Waals surface area contributed by atoms with Gasteiger partial charge < -0.3 is 150 Å². The number of phosphoric acid groups is 7. The number of halogens is 2. The number of aliphatic hydroxyl groups excluding tert-OH is 1. The molecule has 0 heterocycles. The molecule has 0 aromatic rings. The summed E-state index contributed by atoms with van der Waals surface area (Å²) in [5.41, 5.74) is 2.47. The van der Waals surface area contributed by atoms with E-state index in [1.807, 2.05) is 0 Å². The van der Waals surface area contributed by atoms with Gasteiger partial charge in [-0.05, 0) is 0 Å². The molecule has 0 fully saturated rings. The maximum Gasteiger partial charge on any atom is 0.268 e. The Hall–Kier alpha value is 0.110. The zero-order valence-corrected chi connectivity index (χ0v) is 53.8. The van der Waals surface area contributed by atoms with Gasteiger partial charge in [-0.2, -0.15) is 11.1 Å². The van der Waals surface area contributed by atoms with Gasteiger partial charge in [-0.1, -0.05) is 0 Å². The normalized spacial score (nSPS) is 17.7. The average Bonchev–Trinajstić information content (AvgIpc) is 3.56. The predicted molar refractivity (Wildman–Crippen MR) is 273 cm³/mol. The van der Waals surface area contributed by atoms with Crippen molar-refractivity contribution in [3.63, 3.8) is 0 Å². The fourth-order valence-electron chi connectivity index (χ4n) is 5.07. The summed E-state index contributed by atoms with van der Waals surface area (Å²) in [5.74, 6) is -1.93. The number of nitrogens with one attached hydrogen (secondary N) is 2. The first-order valence-corrected chi connectivity index (χ1v) is 36.3. The van der Waals surface area contributed by atoms with E-state index in [0.29, 0.717) is 0 Å². The van der Waals surface area contributed by atoms with Crippen molar-refractivity contribution in [2.45, 2.75) is 0 Å². The van der Waals surface area contributed by atoms with Crippen molar-refractivity contribution in [1.29, 1.82) is 0 Å². The molecule has 0 rings (SSSR count). The van der Waals surface area contributed by atoms with Gasteiger partial charge in [0.25, 0.3) is 54.8 Å². The van der Waals surface area contributed by atoms with Crippen LogP contribution in [0.15, 0.2) is 0 Å². The summed E-state index contributed by atoms with van der Waals surface area (Å²) in [5, 5.41) is 9.00. The number of aliphatic hydroxyl groups is 1. The van der Waals surface area contributed by atoms with E-state index in [9.17, 15) is 75.2 Å². The minimum Gasteiger partial charge on any atom is -0.756 e. The Balaban J connectivity index is 3.68. The topological polar surface area (TPSA) is 558 Å². The summed E-state index contributed by atoms with van der Waals surface area (Å²) >= 11 is 0. The van der Waals surface area contributed by atoms with Crippen LogP contribution in [0.4, 0.5) is 8.96 Å². The van der Waals surface area contributed by atoms with Crippen LogP contribution in [-0.2, 0) is 138 Å². The van der Waals surface area contributed by atoms with Crippen molar-refractivity contribution in [3.05, 3.63) is 0 Å². The zero-order chi connectivity index (χ0) is 65.8. The van der Waals surface area contributed by atoms with Crippen molar-refractivity contribution in [3.8, 4) is 0 Å². The summed E-state index contributed by atoms with van der Waals surface area (Å²) in [6.45, 7) is -9.41. The highest BCUT2D eigenvalue weighted by Gasteiger charge is 2.19. The Morgan fingerprint density at radius 2 is 0.432 bits per heavy atom. The van der Waals surface area contributed by atoms with Crippen LogP contribution in [0.3, 0.4) is 0 Å². The molecular formula is C38H78F2N2O39P7-7. The second-order valence-electron chi connectivity index (χ2n) is 16.1. The lowest BCUT2D eigenvalue weighted by Crippen LogP contribution is -2.27. The molecule has 0 saturated carbocycles. The molecule has 41 nitrogen and oxygen atoms in total. The van der Waals surface area contributed by atoms with E-state index in [0.717, 1.165) is 0 Å². The van der Waals surface area contributed by atoms with Crippen molar-refractivity contribution < 1.29 is 191 Å². The van der Waals surface area contributed by atoms with Crippen molar-refractivity contribution >= 4 is 54.8 Å². The van der Waals surface area contributed by atoms with Gasteiger partial charge in [-0.15, -0.1) is 8.96 Å². The molecule has 0 aromatic carbocycles. The van der Waals surface area contributed by atoms with Gasteiger partial charge in [0.05, 0.1) is 218 Å². The van der Waals surface area contributed by atoms with E-state index in [4.69, 9.17) is 57.4 Å². The third kappa shape index (κ3) is 61.0. The van der Waals surface area contributed by atoms with E-state index in [1.165, 1.54) is 11.1 Å². The molecular weight excluding hydrogens is 1360 g/mol. The molecule has 0 saturated heterocycles. The lowest BCUT2D eigenvalue weighted by atomic mass is 10.2. The van der Waals surface area contributed by atoms with Gasteiger partial charge in [0.2, 0.25) is 0 Å². The summed E-state index contributed by atoms with van der Waals surface area (Å²) in [6.07, 6.45) is 0. The van der Waals surface area contributed by atoms with Crippen LogP contribution in [0.25, 0.3) is 0 Å². The Morgan fingerprint density at radius 3 is 0.614 bits per heavy atom. The maximum absolute atomic E-state index is 12.4. The molecule has 0 radical (unpaired) electrons. The molecule has 9 atom stereocenters. The largest absolute Gasteiger partial charge is 0.756 e. The van der Waals surface area contributed by atoms with Crippen molar-refractivity contribution in [2.24, 2.45) is 11.8 Å². The van der Waals surface area contributed by atoms with Crippen LogP contribution < -0.4 is 45.3 Å². The fraction of sp³-hybridized carbons (Fsp3) is 1.00. The lowest BCUT2D eigenvalue weighted by Gasteiger charge is -2.26. The molecule has 4 N–H and O–H groups in total. The minimum atomic E-state index is -5.13. The first-order chi connectivity index (χ1) is 41.7. The Kier molecular flexibility index (Phi) is 54.3. The smallest absolute Gasteiger partial charge is 0.268 e. The van der Waals surface area contributed by atoms with Crippen LogP contribution in [0.5, 0.6) is 0 Å². The van der Waals surface area contributed by atoms with Gasteiger partial charge in [-0.3, -0.25) is 32.0 Å². The van der Waals surface area contributed by atoms with Gasteiger partial charge >= 0.3 is 0 Å². The standard InChI is InChI=1S/C38H85F2N2O39P7/c39-41-31-37(33-43)34-80-87(55,56)77-29-19-67-9-7-65-17-27-75-85(51,52)73-25-15-63-5-3-61-13-23-71-83(47,48)69-21-11-59-1-2-60-12-22-70-84(49,50)72-24-14-62-4-6-64-16-26-74-86(53,54)76-28-18-66-8-10-68-20-30-78-88(57,58)81-36-38(32-42-40)35-79-82(44,45)46/h37-38,41-43H,1-36H2,(H,47,48)(H,49,50)(H,51,52)(H,53,54)(H,55,56)(H,57,58)(H2,44,45,46)/p-7. The van der Waals surface area contributed by atoms with Crippen molar-refractivity contribution in [2.75, 3.05) is 238 Å². The fourth-order valence-corrected chi connectivity index (χ4v) is 9.68. The van der Waals surface area contributed by atoms with E-state index in [-0.39, 0.29) is 165 Å². The molecule has 50 heteroatoms. The molecule has 0 amide bonds. The van der Waals surface area contributed by atoms with Gasteiger partial charge in [0, 0.05) is 31.5 Å². The third-order valence-electron chi connectivity index (χ3n) is 9.03. The summed E-state index contributed by atoms with van der Waals surface area (Å²) in [4.78, 5) is 90.2. The van der Waals surface area contributed by atoms with E-state index in [1.54, 1.807) is 0 Å². The Labute approximate surface area is 505 Å². The molecule has 0 aliphatic rings. The summed E-state index contributed by atoms with van der Waals surface area (Å²) in [6, 6.07) is 0. The van der Waals surface area contributed by atoms with E-state index >= 15 is 0 Å². The predicted octanol–water partition coefficient (Wildman–Crippen LogP) is -4.19. The third-order valence-corrected chi connectivity index (χ3v) is 15.4. The number of hydrogen-bond donors (Lipinski definition) is 4. The highest BCUT2D eigenvalue weighted by atomic mass is 31.2. The van der Waals surface area contributed by atoms with E-state index < -0.39 is 139 Å². The number of hydrogen-bond acceptors (Lipinski definition) is 40. The molecule has 0 aromatic heterocycles. The summed E-state index contributed by atoms with van der Waals surface area (Å²) in [7, 11) is -33.5. The van der Waals surface area contributed by atoms with E-state index in [2.05, 4.69) is 58.8 Å². The van der Waals surface area contributed by atoms with Crippen molar-refractivity contribution in [1.82, 2.24) is 11.1 Å². The molecule has 9 unspecified atom stereocenters. The Bertz CT molecular complexity index is 2040. The number of ether oxygens (including phenoxy) is 10. The highest BCUT2D eigenvalue weighted by molar-refractivity contribution is 7.47. The minimum absolute atomic E-state index is 0.00113. The van der Waals surface area contributed by atoms with Gasteiger partial charge in [-0.25, -0.2) is 0 Å². The number of phosphoric ester groups is 7. The van der Waals surface area contributed by atoms with Crippen LogP contribution in [0.2, 0.25) is 0 Å². The Morgan fingerprint density at radius 1 is 0.273 bits per heavy atom. The van der Waals surface area contributed by atoms with Gasteiger partial charge in [0.1, 0.15) is 0 Å². The van der Waals surface area contributed by atoms with Crippen LogP contribution >= 0.6 is 54.8 Å². The lowest BCUT2D eigenvalue weighted by molar-refractivity contribution is -0.230. The van der Waals surface area contributed by atoms with Crippen LogP contribution in [0.1, 0.15) is 0 Å². The van der Waals surface area contributed by atoms with Gasteiger partial charge in [0.15, 0.2) is 0 Å². The monoisotopic (exact) mass is 1440 g/mol. The molecule has 0 aliphatic heterocycles. The number of rotatable bonds is 69.